The van der Waals surface area contributed by atoms with Crippen molar-refractivity contribution in [1.82, 2.24) is 4.72 Å². The fraction of sp³-hybridized carbons (Fsp3) is 0.222. The largest absolute Gasteiger partial charge is 0.289 e. The first kappa shape index (κ1) is 16.5. The highest BCUT2D eigenvalue weighted by molar-refractivity contribution is 7.89. The Labute approximate surface area is 140 Å². The van der Waals surface area contributed by atoms with Crippen LogP contribution in [0.3, 0.4) is 0 Å². The molecule has 0 bridgehead atoms. The predicted octanol–water partition coefficient (Wildman–Crippen LogP) is 2.54. The van der Waals surface area contributed by atoms with Crippen molar-refractivity contribution < 1.29 is 18.0 Å². The van der Waals surface area contributed by atoms with E-state index in [9.17, 15) is 18.0 Å². The van der Waals surface area contributed by atoms with E-state index in [1.54, 1.807) is 24.3 Å². The molecule has 1 aliphatic rings. The number of hydrogen-bond donors (Lipinski definition) is 1. The minimum atomic E-state index is -3.86. The van der Waals surface area contributed by atoms with Gasteiger partial charge in [-0.1, -0.05) is 49.7 Å². The lowest BCUT2D eigenvalue weighted by molar-refractivity contribution is 0.0976. The maximum atomic E-state index is 12.8. The molecule has 0 aromatic heterocycles. The molecular weight excluding hydrogens is 326 g/mol. The van der Waals surface area contributed by atoms with Crippen LogP contribution in [0.15, 0.2) is 47.4 Å². The van der Waals surface area contributed by atoms with E-state index in [1.165, 1.54) is 18.2 Å². The van der Waals surface area contributed by atoms with Gasteiger partial charge in [-0.05, 0) is 12.5 Å². The predicted molar refractivity (Wildman–Crippen MR) is 89.8 cm³/mol. The standard InChI is InChI=1S/C18H17NO4S/c1-2-3-11-19-24(22,23)15-10-6-9-14-16(15)18(21)13-8-5-4-7-12(13)17(14)20/h4-10,19H,2-3,11H2,1H3. The average molecular weight is 343 g/mol. The number of carbonyl (C=O) groups excluding carboxylic acids is 2. The third kappa shape index (κ3) is 2.68. The van der Waals surface area contributed by atoms with E-state index in [2.05, 4.69) is 4.72 Å². The first-order valence-electron chi connectivity index (χ1n) is 7.78. The highest BCUT2D eigenvalue weighted by Gasteiger charge is 2.34. The summed E-state index contributed by atoms with van der Waals surface area (Å²) < 4.78 is 27.6. The summed E-state index contributed by atoms with van der Waals surface area (Å²) in [7, 11) is -3.86. The fourth-order valence-electron chi connectivity index (χ4n) is 2.80. The highest BCUT2D eigenvalue weighted by Crippen LogP contribution is 2.31. The van der Waals surface area contributed by atoms with Crippen molar-refractivity contribution in [3.63, 3.8) is 0 Å². The van der Waals surface area contributed by atoms with Crippen LogP contribution in [0.4, 0.5) is 0 Å². The van der Waals surface area contributed by atoms with Crippen LogP contribution in [0.1, 0.15) is 51.6 Å². The number of sulfonamides is 1. The SMILES string of the molecule is CCCCNS(=O)(=O)c1cccc2c1C(=O)c1ccccc1C2=O. The number of carbonyl (C=O) groups is 2. The van der Waals surface area contributed by atoms with E-state index in [1.807, 2.05) is 6.92 Å². The molecule has 0 aliphatic heterocycles. The van der Waals surface area contributed by atoms with Crippen molar-refractivity contribution in [2.45, 2.75) is 24.7 Å². The summed E-state index contributed by atoms with van der Waals surface area (Å²) >= 11 is 0. The van der Waals surface area contributed by atoms with Gasteiger partial charge in [0.25, 0.3) is 0 Å². The molecule has 0 heterocycles. The molecule has 24 heavy (non-hydrogen) atoms. The molecule has 124 valence electrons. The van der Waals surface area contributed by atoms with Crippen molar-refractivity contribution in [2.75, 3.05) is 6.54 Å². The Balaban J connectivity index is 2.14. The van der Waals surface area contributed by atoms with Gasteiger partial charge in [0, 0.05) is 23.2 Å². The van der Waals surface area contributed by atoms with Gasteiger partial charge in [0.1, 0.15) is 0 Å². The molecule has 2 aromatic carbocycles. The third-order valence-electron chi connectivity index (χ3n) is 4.03. The molecule has 0 radical (unpaired) electrons. The van der Waals surface area contributed by atoms with Crippen molar-refractivity contribution in [3.05, 3.63) is 64.7 Å². The van der Waals surface area contributed by atoms with Gasteiger partial charge in [-0.15, -0.1) is 0 Å². The molecule has 1 aliphatic carbocycles. The number of benzene rings is 2. The van der Waals surface area contributed by atoms with Crippen LogP contribution in [-0.2, 0) is 10.0 Å². The third-order valence-corrected chi connectivity index (χ3v) is 5.53. The van der Waals surface area contributed by atoms with Crippen LogP contribution < -0.4 is 4.72 Å². The topological polar surface area (TPSA) is 80.3 Å². The zero-order valence-corrected chi connectivity index (χ0v) is 14.0. The van der Waals surface area contributed by atoms with Crippen LogP contribution in [-0.4, -0.2) is 26.5 Å². The van der Waals surface area contributed by atoms with E-state index in [-0.39, 0.29) is 27.4 Å². The summed E-state index contributed by atoms with van der Waals surface area (Å²) in [4.78, 5) is 25.3. The van der Waals surface area contributed by atoms with Gasteiger partial charge < -0.3 is 0 Å². The zero-order chi connectivity index (χ0) is 17.3. The summed E-state index contributed by atoms with van der Waals surface area (Å²) in [6.45, 7) is 2.25. The lowest BCUT2D eigenvalue weighted by Crippen LogP contribution is -2.29. The molecule has 0 spiro atoms. The first-order valence-corrected chi connectivity index (χ1v) is 9.27. The summed E-state index contributed by atoms with van der Waals surface area (Å²) in [6.07, 6.45) is 1.55. The highest BCUT2D eigenvalue weighted by atomic mass is 32.2. The summed E-state index contributed by atoms with van der Waals surface area (Å²) in [5.41, 5.74) is 0.650. The van der Waals surface area contributed by atoms with Crippen molar-refractivity contribution in [1.29, 1.82) is 0 Å². The quantitative estimate of drug-likeness (QED) is 0.722. The maximum absolute atomic E-state index is 12.8. The van der Waals surface area contributed by atoms with Gasteiger partial charge in [-0.2, -0.15) is 0 Å². The lowest BCUT2D eigenvalue weighted by atomic mass is 9.84. The van der Waals surface area contributed by atoms with Crippen molar-refractivity contribution in [2.24, 2.45) is 0 Å². The number of rotatable bonds is 5. The van der Waals surface area contributed by atoms with Gasteiger partial charge in [-0.25, -0.2) is 13.1 Å². The van der Waals surface area contributed by atoms with Gasteiger partial charge in [-0.3, -0.25) is 9.59 Å². The maximum Gasteiger partial charge on any atom is 0.241 e. The van der Waals surface area contributed by atoms with E-state index >= 15 is 0 Å². The second-order valence-corrected chi connectivity index (χ2v) is 7.37. The molecule has 0 amide bonds. The molecule has 5 nitrogen and oxygen atoms in total. The van der Waals surface area contributed by atoms with Crippen LogP contribution in [0.5, 0.6) is 0 Å². The molecule has 1 N–H and O–H groups in total. The van der Waals surface area contributed by atoms with Gasteiger partial charge in [0.15, 0.2) is 11.6 Å². The number of ketones is 2. The normalized spacial score (nSPS) is 13.5. The molecule has 0 saturated carbocycles. The lowest BCUT2D eigenvalue weighted by Gasteiger charge is -2.20. The summed E-state index contributed by atoms with van der Waals surface area (Å²) in [6, 6.07) is 10.8. The number of nitrogens with one attached hydrogen (secondary N) is 1. The van der Waals surface area contributed by atoms with Crippen LogP contribution in [0, 0.1) is 0 Å². The Bertz CT molecular complexity index is 932. The summed E-state index contributed by atoms with van der Waals surface area (Å²) in [5.74, 6) is -0.762. The molecule has 3 rings (SSSR count). The molecular formula is C18H17NO4S. The Kier molecular flexibility index (Phi) is 4.34. The average Bonchev–Trinajstić information content (AvgIpc) is 2.59. The van der Waals surface area contributed by atoms with Crippen LogP contribution in [0.2, 0.25) is 0 Å². The summed E-state index contributed by atoms with van der Waals surface area (Å²) in [5, 5.41) is 0. The molecule has 0 fully saturated rings. The number of unbranched alkanes of at least 4 members (excludes halogenated alkanes) is 1. The van der Waals surface area contributed by atoms with E-state index in [0.717, 1.165) is 6.42 Å². The van der Waals surface area contributed by atoms with E-state index in [0.29, 0.717) is 18.5 Å². The fourth-order valence-corrected chi connectivity index (χ4v) is 4.10. The minimum Gasteiger partial charge on any atom is -0.289 e. The molecule has 0 atom stereocenters. The Morgan fingerprint density at radius 2 is 1.50 bits per heavy atom. The molecule has 0 unspecified atom stereocenters. The van der Waals surface area contributed by atoms with Gasteiger partial charge in [0.05, 0.1) is 10.5 Å². The molecule has 0 saturated heterocycles. The van der Waals surface area contributed by atoms with Crippen LogP contribution >= 0.6 is 0 Å². The van der Waals surface area contributed by atoms with Crippen molar-refractivity contribution >= 4 is 21.6 Å². The van der Waals surface area contributed by atoms with E-state index < -0.39 is 15.8 Å². The first-order chi connectivity index (χ1) is 11.5. The second-order valence-electron chi connectivity index (χ2n) is 5.63. The Morgan fingerprint density at radius 3 is 2.17 bits per heavy atom. The number of hydrogen-bond acceptors (Lipinski definition) is 4. The van der Waals surface area contributed by atoms with E-state index in [4.69, 9.17) is 0 Å². The zero-order valence-electron chi connectivity index (χ0n) is 13.2. The molecule has 6 heteroatoms. The van der Waals surface area contributed by atoms with Crippen molar-refractivity contribution in [3.8, 4) is 0 Å². The molecule has 2 aromatic rings. The second kappa shape index (κ2) is 6.30. The monoisotopic (exact) mass is 343 g/mol. The Hall–Kier alpha value is -2.31. The Morgan fingerprint density at radius 1 is 0.875 bits per heavy atom. The van der Waals surface area contributed by atoms with Gasteiger partial charge in [0.2, 0.25) is 10.0 Å². The smallest absolute Gasteiger partial charge is 0.241 e. The van der Waals surface area contributed by atoms with Crippen LogP contribution in [0.25, 0.3) is 0 Å². The van der Waals surface area contributed by atoms with Gasteiger partial charge >= 0.3 is 0 Å². The minimum absolute atomic E-state index is 0.0369. The number of fused-ring (bicyclic) bond motifs is 2.